The molecule has 1 heterocycles. The summed E-state index contributed by atoms with van der Waals surface area (Å²) < 4.78 is 5.61. The molecule has 1 saturated heterocycles. The molecule has 1 aliphatic rings. The van der Waals surface area contributed by atoms with Gasteiger partial charge in [0.15, 0.2) is 0 Å². The first kappa shape index (κ1) is 14.2. The standard InChI is InChI=1S/C14H19ClN2O2/c15-11-7-10(8-12(16)9-11)14(18)17-5-4-13-3-1-2-6-19-13/h7-9,13H,1-6,16H2,(H,17,18). The van der Waals surface area contributed by atoms with Gasteiger partial charge in [-0.25, -0.2) is 0 Å². The van der Waals surface area contributed by atoms with Gasteiger partial charge in [0.05, 0.1) is 6.10 Å². The number of halogens is 1. The van der Waals surface area contributed by atoms with Gasteiger partial charge in [-0.1, -0.05) is 11.6 Å². The molecule has 1 fully saturated rings. The molecule has 1 amide bonds. The molecule has 1 aromatic rings. The number of carbonyl (C=O) groups excluding carboxylic acids is 1. The van der Waals surface area contributed by atoms with Crippen LogP contribution in [0, 0.1) is 0 Å². The van der Waals surface area contributed by atoms with E-state index < -0.39 is 0 Å². The Kier molecular flexibility index (Phi) is 5.05. The van der Waals surface area contributed by atoms with Crippen LogP contribution in [0.1, 0.15) is 36.0 Å². The molecule has 3 N–H and O–H groups in total. The number of rotatable bonds is 4. The summed E-state index contributed by atoms with van der Waals surface area (Å²) in [7, 11) is 0. The Bertz CT molecular complexity index is 425. The number of nitrogens with two attached hydrogens (primary N) is 1. The van der Waals surface area contributed by atoms with Crippen LogP contribution < -0.4 is 11.1 Å². The van der Waals surface area contributed by atoms with Crippen molar-refractivity contribution in [3.05, 3.63) is 28.8 Å². The minimum atomic E-state index is -0.148. The molecule has 0 aromatic heterocycles. The van der Waals surface area contributed by atoms with Crippen molar-refractivity contribution >= 4 is 23.2 Å². The van der Waals surface area contributed by atoms with Crippen molar-refractivity contribution in [1.29, 1.82) is 0 Å². The van der Waals surface area contributed by atoms with Gasteiger partial charge in [0, 0.05) is 29.4 Å². The predicted octanol–water partition coefficient (Wildman–Crippen LogP) is 2.61. The molecule has 1 aliphatic heterocycles. The molecular formula is C14H19ClN2O2. The van der Waals surface area contributed by atoms with E-state index in [1.54, 1.807) is 18.2 Å². The van der Waals surface area contributed by atoms with Crippen molar-refractivity contribution in [3.8, 4) is 0 Å². The van der Waals surface area contributed by atoms with Gasteiger partial charge in [0.2, 0.25) is 0 Å². The van der Waals surface area contributed by atoms with Gasteiger partial charge in [0.1, 0.15) is 0 Å². The number of carbonyl (C=O) groups is 1. The van der Waals surface area contributed by atoms with Gasteiger partial charge >= 0.3 is 0 Å². The molecule has 5 heteroatoms. The summed E-state index contributed by atoms with van der Waals surface area (Å²) in [6, 6.07) is 4.86. The molecule has 2 rings (SSSR count). The molecule has 1 aromatic carbocycles. The second-order valence-electron chi connectivity index (χ2n) is 4.81. The Labute approximate surface area is 118 Å². The molecule has 1 unspecified atom stereocenters. The van der Waals surface area contributed by atoms with E-state index in [0.29, 0.717) is 22.8 Å². The average molecular weight is 283 g/mol. The van der Waals surface area contributed by atoms with Crippen molar-refractivity contribution in [1.82, 2.24) is 5.32 Å². The van der Waals surface area contributed by atoms with Gasteiger partial charge in [-0.05, 0) is 43.9 Å². The van der Waals surface area contributed by atoms with Crippen LogP contribution in [0.15, 0.2) is 18.2 Å². The lowest BCUT2D eigenvalue weighted by Crippen LogP contribution is -2.29. The molecule has 4 nitrogen and oxygen atoms in total. The van der Waals surface area contributed by atoms with Crippen molar-refractivity contribution in [2.24, 2.45) is 0 Å². The van der Waals surface area contributed by atoms with E-state index in [4.69, 9.17) is 22.1 Å². The minimum Gasteiger partial charge on any atom is -0.399 e. The molecule has 104 valence electrons. The number of nitrogens with one attached hydrogen (secondary N) is 1. The maximum absolute atomic E-state index is 11.9. The topological polar surface area (TPSA) is 64.4 Å². The fourth-order valence-corrected chi connectivity index (χ4v) is 2.47. The number of hydrogen-bond donors (Lipinski definition) is 2. The third-order valence-corrected chi connectivity index (χ3v) is 3.43. The second kappa shape index (κ2) is 6.78. The zero-order chi connectivity index (χ0) is 13.7. The summed E-state index contributed by atoms with van der Waals surface area (Å²) in [4.78, 5) is 11.9. The highest BCUT2D eigenvalue weighted by Gasteiger charge is 2.14. The largest absolute Gasteiger partial charge is 0.399 e. The summed E-state index contributed by atoms with van der Waals surface area (Å²) in [5.41, 5.74) is 6.65. The number of amides is 1. The number of benzene rings is 1. The summed E-state index contributed by atoms with van der Waals surface area (Å²) in [5.74, 6) is -0.148. The Morgan fingerprint density at radius 3 is 2.95 bits per heavy atom. The zero-order valence-corrected chi connectivity index (χ0v) is 11.6. The lowest BCUT2D eigenvalue weighted by Gasteiger charge is -2.22. The van der Waals surface area contributed by atoms with E-state index in [2.05, 4.69) is 5.32 Å². The molecule has 0 aliphatic carbocycles. The first-order valence-electron chi connectivity index (χ1n) is 6.61. The monoisotopic (exact) mass is 282 g/mol. The first-order chi connectivity index (χ1) is 9.15. The Morgan fingerprint density at radius 2 is 2.26 bits per heavy atom. The molecular weight excluding hydrogens is 264 g/mol. The third kappa shape index (κ3) is 4.40. The number of ether oxygens (including phenoxy) is 1. The molecule has 0 saturated carbocycles. The van der Waals surface area contributed by atoms with Crippen molar-refractivity contribution in [2.75, 3.05) is 18.9 Å². The quantitative estimate of drug-likeness (QED) is 0.835. The van der Waals surface area contributed by atoms with Gasteiger partial charge < -0.3 is 15.8 Å². The highest BCUT2D eigenvalue weighted by atomic mass is 35.5. The normalized spacial score (nSPS) is 19.1. The Morgan fingerprint density at radius 1 is 1.42 bits per heavy atom. The SMILES string of the molecule is Nc1cc(Cl)cc(C(=O)NCCC2CCCCO2)c1. The predicted molar refractivity (Wildman–Crippen MR) is 76.4 cm³/mol. The lowest BCUT2D eigenvalue weighted by molar-refractivity contribution is 0.0117. The smallest absolute Gasteiger partial charge is 0.251 e. The lowest BCUT2D eigenvalue weighted by atomic mass is 10.1. The molecule has 1 atom stereocenters. The number of nitrogen functional groups attached to an aromatic ring is 1. The number of hydrogen-bond acceptors (Lipinski definition) is 3. The van der Waals surface area contributed by atoms with Crippen LogP contribution in [0.4, 0.5) is 5.69 Å². The van der Waals surface area contributed by atoms with Crippen LogP contribution in [-0.4, -0.2) is 25.2 Å². The Balaban J connectivity index is 1.80. The summed E-state index contributed by atoms with van der Waals surface area (Å²) in [5, 5.41) is 3.34. The van der Waals surface area contributed by atoms with Crippen LogP contribution in [0.5, 0.6) is 0 Å². The first-order valence-corrected chi connectivity index (χ1v) is 6.99. The van der Waals surface area contributed by atoms with Crippen LogP contribution in [0.3, 0.4) is 0 Å². The summed E-state index contributed by atoms with van der Waals surface area (Å²) in [6.45, 7) is 1.44. The molecule has 0 radical (unpaired) electrons. The van der Waals surface area contributed by atoms with Crippen LogP contribution >= 0.6 is 11.6 Å². The van der Waals surface area contributed by atoms with Gasteiger partial charge in [-0.3, -0.25) is 4.79 Å². The van der Waals surface area contributed by atoms with Gasteiger partial charge in [-0.2, -0.15) is 0 Å². The van der Waals surface area contributed by atoms with E-state index in [1.807, 2.05) is 0 Å². The van der Waals surface area contributed by atoms with Crippen LogP contribution in [0.25, 0.3) is 0 Å². The molecule has 0 bridgehead atoms. The van der Waals surface area contributed by atoms with Gasteiger partial charge in [0.25, 0.3) is 5.91 Å². The number of anilines is 1. The van der Waals surface area contributed by atoms with Crippen LogP contribution in [-0.2, 0) is 4.74 Å². The molecule has 19 heavy (non-hydrogen) atoms. The fraction of sp³-hybridized carbons (Fsp3) is 0.500. The van der Waals surface area contributed by atoms with E-state index in [9.17, 15) is 4.79 Å². The molecule has 0 spiro atoms. The maximum Gasteiger partial charge on any atom is 0.251 e. The summed E-state index contributed by atoms with van der Waals surface area (Å²) in [6.07, 6.45) is 4.56. The fourth-order valence-electron chi connectivity index (χ4n) is 2.23. The maximum atomic E-state index is 11.9. The average Bonchev–Trinajstić information content (AvgIpc) is 2.38. The minimum absolute atomic E-state index is 0.148. The highest BCUT2D eigenvalue weighted by molar-refractivity contribution is 6.31. The Hall–Kier alpha value is -1.26. The van der Waals surface area contributed by atoms with Gasteiger partial charge in [-0.15, -0.1) is 0 Å². The van der Waals surface area contributed by atoms with E-state index in [1.165, 1.54) is 6.42 Å². The highest BCUT2D eigenvalue weighted by Crippen LogP contribution is 2.17. The van der Waals surface area contributed by atoms with Crippen molar-refractivity contribution in [3.63, 3.8) is 0 Å². The third-order valence-electron chi connectivity index (χ3n) is 3.21. The summed E-state index contributed by atoms with van der Waals surface area (Å²) >= 11 is 5.87. The second-order valence-corrected chi connectivity index (χ2v) is 5.24. The van der Waals surface area contributed by atoms with E-state index >= 15 is 0 Å². The zero-order valence-electron chi connectivity index (χ0n) is 10.8. The van der Waals surface area contributed by atoms with Crippen LogP contribution in [0.2, 0.25) is 5.02 Å². The van der Waals surface area contributed by atoms with E-state index in [-0.39, 0.29) is 12.0 Å². The van der Waals surface area contributed by atoms with E-state index in [0.717, 1.165) is 25.9 Å². The van der Waals surface area contributed by atoms with Crippen molar-refractivity contribution < 1.29 is 9.53 Å². The van der Waals surface area contributed by atoms with Crippen molar-refractivity contribution in [2.45, 2.75) is 31.8 Å².